The highest BCUT2D eigenvalue weighted by Gasteiger charge is 2.17. The summed E-state index contributed by atoms with van der Waals surface area (Å²) < 4.78 is 17.4. The topological polar surface area (TPSA) is 61.8 Å². The zero-order valence-electron chi connectivity index (χ0n) is 44.0. The quantitative estimate of drug-likeness (QED) is 0.0346. The van der Waals surface area contributed by atoms with E-state index in [1.165, 1.54) is 161 Å². The predicted octanol–water partition coefficient (Wildman–Crippen LogP) is 19.5. The molecule has 0 saturated heterocycles. The van der Waals surface area contributed by atoms with Crippen LogP contribution in [0.4, 0.5) is 0 Å². The summed E-state index contributed by atoms with van der Waals surface area (Å²) in [5, 5.41) is 0. The molecule has 0 rings (SSSR count). The van der Waals surface area contributed by atoms with Crippen molar-refractivity contribution in [1.82, 2.24) is 0 Å². The van der Waals surface area contributed by atoms with Gasteiger partial charge in [0, 0.05) is 19.4 Å². The molecule has 0 aliphatic rings. The summed E-state index contributed by atoms with van der Waals surface area (Å²) in [6.07, 6.45) is 73.5. The fourth-order valence-corrected chi connectivity index (χ4v) is 7.96. The molecule has 0 amide bonds. The van der Waals surface area contributed by atoms with Crippen LogP contribution in [0.3, 0.4) is 0 Å². The second kappa shape index (κ2) is 56.7. The number of carbonyl (C=O) groups is 2. The van der Waals surface area contributed by atoms with Crippen LogP contribution in [-0.4, -0.2) is 37.9 Å². The van der Waals surface area contributed by atoms with Gasteiger partial charge in [-0.1, -0.05) is 229 Å². The number of unbranched alkanes of at least 4 members (excludes halogenated alkanes) is 29. The third-order valence-corrected chi connectivity index (χ3v) is 12.2. The molecule has 0 bridgehead atoms. The average molecular weight is 922 g/mol. The van der Waals surface area contributed by atoms with Gasteiger partial charge in [-0.3, -0.25) is 9.59 Å². The second-order valence-corrected chi connectivity index (χ2v) is 18.8. The SMILES string of the molecule is CC/C=C\C/C=C\C/C=C\CCCCCC(=O)OC(COCCCCCCCCCCCC/C=C\C/C=C\CCCCC)COC(=O)CCCCCCCCC/C=C\CCCCCCCC. The van der Waals surface area contributed by atoms with Gasteiger partial charge >= 0.3 is 11.9 Å². The number of hydrogen-bond acceptors (Lipinski definition) is 5. The molecule has 1 unspecified atom stereocenters. The summed E-state index contributed by atoms with van der Waals surface area (Å²) in [6.45, 7) is 7.67. The average Bonchev–Trinajstić information content (AvgIpc) is 3.32. The first-order valence-electron chi connectivity index (χ1n) is 28.5. The van der Waals surface area contributed by atoms with Crippen molar-refractivity contribution in [3.05, 3.63) is 72.9 Å². The lowest BCUT2D eigenvalue weighted by Gasteiger charge is -2.18. The lowest BCUT2D eigenvalue weighted by atomic mass is 10.1. The summed E-state index contributed by atoms with van der Waals surface area (Å²) in [5.41, 5.74) is 0. The zero-order chi connectivity index (χ0) is 47.7. The van der Waals surface area contributed by atoms with Crippen molar-refractivity contribution in [2.75, 3.05) is 19.8 Å². The van der Waals surface area contributed by atoms with E-state index in [0.29, 0.717) is 19.4 Å². The van der Waals surface area contributed by atoms with Crippen LogP contribution < -0.4 is 0 Å². The molecule has 382 valence electrons. The molecule has 0 aliphatic carbocycles. The Morgan fingerprint density at radius 1 is 0.348 bits per heavy atom. The van der Waals surface area contributed by atoms with Gasteiger partial charge in [-0.2, -0.15) is 0 Å². The van der Waals surface area contributed by atoms with Crippen LogP contribution in [0.5, 0.6) is 0 Å². The van der Waals surface area contributed by atoms with E-state index < -0.39 is 6.10 Å². The number of ether oxygens (including phenoxy) is 3. The number of rotatable bonds is 52. The molecule has 0 N–H and O–H groups in total. The Kier molecular flexibility index (Phi) is 54.4. The van der Waals surface area contributed by atoms with Gasteiger partial charge in [0.15, 0.2) is 6.10 Å². The van der Waals surface area contributed by atoms with Crippen LogP contribution >= 0.6 is 0 Å². The minimum atomic E-state index is -0.557. The number of carbonyl (C=O) groups excluding carboxylic acids is 2. The molecule has 0 radical (unpaired) electrons. The van der Waals surface area contributed by atoms with E-state index in [9.17, 15) is 9.59 Å². The monoisotopic (exact) mass is 921 g/mol. The molecule has 0 fully saturated rings. The first-order valence-corrected chi connectivity index (χ1v) is 28.5. The molecule has 0 saturated carbocycles. The Labute approximate surface area is 410 Å². The van der Waals surface area contributed by atoms with Crippen molar-refractivity contribution < 1.29 is 23.8 Å². The fourth-order valence-electron chi connectivity index (χ4n) is 7.96. The van der Waals surface area contributed by atoms with Crippen LogP contribution in [0.15, 0.2) is 72.9 Å². The van der Waals surface area contributed by atoms with E-state index >= 15 is 0 Å². The lowest BCUT2D eigenvalue weighted by Crippen LogP contribution is -2.30. The van der Waals surface area contributed by atoms with Crippen molar-refractivity contribution in [1.29, 1.82) is 0 Å². The zero-order valence-corrected chi connectivity index (χ0v) is 44.0. The van der Waals surface area contributed by atoms with Crippen LogP contribution in [0.2, 0.25) is 0 Å². The van der Waals surface area contributed by atoms with Crippen LogP contribution in [-0.2, 0) is 23.8 Å². The second-order valence-electron chi connectivity index (χ2n) is 18.8. The minimum absolute atomic E-state index is 0.0691. The fraction of sp³-hybridized carbons (Fsp3) is 0.770. The van der Waals surface area contributed by atoms with Gasteiger partial charge in [-0.25, -0.2) is 0 Å². The van der Waals surface area contributed by atoms with Gasteiger partial charge in [0.2, 0.25) is 0 Å². The minimum Gasteiger partial charge on any atom is -0.462 e. The molecule has 66 heavy (non-hydrogen) atoms. The van der Waals surface area contributed by atoms with E-state index in [1.807, 2.05) is 0 Å². The maximum atomic E-state index is 12.8. The van der Waals surface area contributed by atoms with Crippen LogP contribution in [0.25, 0.3) is 0 Å². The lowest BCUT2D eigenvalue weighted by molar-refractivity contribution is -0.163. The molecule has 5 heteroatoms. The van der Waals surface area contributed by atoms with Crippen molar-refractivity contribution in [2.24, 2.45) is 0 Å². The van der Waals surface area contributed by atoms with Crippen LogP contribution in [0, 0.1) is 0 Å². The van der Waals surface area contributed by atoms with Crippen molar-refractivity contribution in [2.45, 2.75) is 284 Å². The van der Waals surface area contributed by atoms with E-state index in [4.69, 9.17) is 14.2 Å². The maximum Gasteiger partial charge on any atom is 0.306 e. The molecule has 0 aromatic rings. The van der Waals surface area contributed by atoms with Gasteiger partial charge in [0.25, 0.3) is 0 Å². The molecule has 0 heterocycles. The number of hydrogen-bond donors (Lipinski definition) is 0. The Bertz CT molecular complexity index is 1180. The predicted molar refractivity (Wildman–Crippen MR) is 288 cm³/mol. The van der Waals surface area contributed by atoms with Crippen LogP contribution in [0.1, 0.15) is 278 Å². The van der Waals surface area contributed by atoms with Crippen molar-refractivity contribution in [3.63, 3.8) is 0 Å². The van der Waals surface area contributed by atoms with E-state index in [1.54, 1.807) is 0 Å². The summed E-state index contributed by atoms with van der Waals surface area (Å²) in [6, 6.07) is 0. The van der Waals surface area contributed by atoms with Gasteiger partial charge in [-0.05, 0) is 109 Å². The normalized spacial score (nSPS) is 12.7. The van der Waals surface area contributed by atoms with Gasteiger partial charge in [-0.15, -0.1) is 0 Å². The van der Waals surface area contributed by atoms with Gasteiger partial charge < -0.3 is 14.2 Å². The molecule has 0 aliphatic heterocycles. The summed E-state index contributed by atoms with van der Waals surface area (Å²) in [4.78, 5) is 25.5. The maximum absolute atomic E-state index is 12.8. The van der Waals surface area contributed by atoms with Gasteiger partial charge in [0.1, 0.15) is 6.61 Å². The Hall–Kier alpha value is -2.66. The summed E-state index contributed by atoms with van der Waals surface area (Å²) >= 11 is 0. The third-order valence-electron chi connectivity index (χ3n) is 12.2. The highest BCUT2D eigenvalue weighted by atomic mass is 16.6. The highest BCUT2D eigenvalue weighted by molar-refractivity contribution is 5.70. The molecule has 0 aromatic heterocycles. The molecule has 5 nitrogen and oxygen atoms in total. The van der Waals surface area contributed by atoms with E-state index in [0.717, 1.165) is 83.5 Å². The first-order chi connectivity index (χ1) is 32.6. The molecule has 1 atom stereocenters. The summed E-state index contributed by atoms with van der Waals surface area (Å²) in [5.74, 6) is -0.431. The largest absolute Gasteiger partial charge is 0.462 e. The Morgan fingerprint density at radius 2 is 0.682 bits per heavy atom. The standard InChI is InChI=1S/C61H108O5/c1-4-7-10-13-16-19-22-25-27-29-30-31-33-35-38-41-44-47-50-53-56-64-57-59(66-61(63)55-52-49-46-43-40-36-24-21-18-15-12-9-6-3)58-65-60(62)54-51-48-45-42-39-37-34-32-28-26-23-20-17-14-11-8-5-2/h9,12,16,18-19,21,25-28,36,40,59H,4-8,10-11,13-15,17,20,22-24,29-35,37-39,41-58H2,1-3H3/b12-9-,19-16-,21-18-,27-25-,28-26-,40-36-. The highest BCUT2D eigenvalue weighted by Crippen LogP contribution is 2.15. The third kappa shape index (κ3) is 54.0. The van der Waals surface area contributed by atoms with Crippen molar-refractivity contribution in [3.8, 4) is 0 Å². The Morgan fingerprint density at radius 3 is 1.15 bits per heavy atom. The summed E-state index contributed by atoms with van der Waals surface area (Å²) in [7, 11) is 0. The molecular formula is C61H108O5. The molecule has 0 aromatic carbocycles. The van der Waals surface area contributed by atoms with E-state index in [-0.39, 0.29) is 25.2 Å². The first kappa shape index (κ1) is 63.3. The molecular weight excluding hydrogens is 813 g/mol. The Balaban J connectivity index is 4.27. The molecule has 0 spiro atoms. The number of esters is 2. The van der Waals surface area contributed by atoms with E-state index in [2.05, 4.69) is 93.7 Å². The number of allylic oxidation sites excluding steroid dienone is 12. The smallest absolute Gasteiger partial charge is 0.306 e. The van der Waals surface area contributed by atoms with Gasteiger partial charge in [0.05, 0.1) is 6.61 Å². The van der Waals surface area contributed by atoms with Crippen molar-refractivity contribution >= 4 is 11.9 Å².